The first kappa shape index (κ1) is 15.1. The summed E-state index contributed by atoms with van der Waals surface area (Å²) in [4.78, 5) is 24.3. The Labute approximate surface area is 114 Å². The third-order valence-electron chi connectivity index (χ3n) is 4.22. The lowest BCUT2D eigenvalue weighted by atomic mass is 9.86. The van der Waals surface area contributed by atoms with Gasteiger partial charge in [-0.1, -0.05) is 0 Å². The average molecular weight is 294 g/mol. The van der Waals surface area contributed by atoms with Crippen LogP contribution in [0, 0.1) is 11.3 Å². The molecule has 0 aliphatic carbocycles. The molecule has 5 nitrogen and oxygen atoms in total. The molecule has 8 heteroatoms. The Bertz CT molecular complexity index is 407. The van der Waals surface area contributed by atoms with E-state index < -0.39 is 30.5 Å². The third kappa shape index (κ3) is 2.48. The highest BCUT2D eigenvalue weighted by atomic mass is 19.4. The second-order valence-electron chi connectivity index (χ2n) is 5.42. The molecule has 20 heavy (non-hydrogen) atoms. The summed E-state index contributed by atoms with van der Waals surface area (Å²) >= 11 is 0. The number of carbonyl (C=O) groups is 2. The number of halogens is 3. The molecule has 2 fully saturated rings. The minimum atomic E-state index is -4.85. The van der Waals surface area contributed by atoms with Crippen molar-refractivity contribution >= 4 is 11.9 Å². The van der Waals surface area contributed by atoms with Gasteiger partial charge in [0.2, 0.25) is 5.91 Å². The molecule has 114 valence electrons. The Morgan fingerprint density at radius 2 is 1.85 bits per heavy atom. The van der Waals surface area contributed by atoms with Gasteiger partial charge in [-0.3, -0.25) is 9.59 Å². The van der Waals surface area contributed by atoms with Crippen molar-refractivity contribution in [2.75, 3.05) is 26.2 Å². The Balaban J connectivity index is 2.10. The van der Waals surface area contributed by atoms with Crippen molar-refractivity contribution in [2.24, 2.45) is 11.3 Å². The minimum Gasteiger partial charge on any atom is -0.481 e. The normalized spacial score (nSPS) is 28.6. The summed E-state index contributed by atoms with van der Waals surface area (Å²) in [6, 6.07) is 0. The minimum absolute atomic E-state index is 0.144. The van der Waals surface area contributed by atoms with Gasteiger partial charge >= 0.3 is 12.1 Å². The van der Waals surface area contributed by atoms with Crippen molar-refractivity contribution in [2.45, 2.75) is 25.4 Å². The summed E-state index contributed by atoms with van der Waals surface area (Å²) in [5.41, 5.74) is -2.81. The number of carbonyl (C=O) groups excluding carboxylic acids is 1. The van der Waals surface area contributed by atoms with Gasteiger partial charge in [0, 0.05) is 19.0 Å². The first-order valence-corrected chi connectivity index (χ1v) is 6.57. The summed E-state index contributed by atoms with van der Waals surface area (Å²) in [5.74, 6) is -2.54. The summed E-state index contributed by atoms with van der Waals surface area (Å²) < 4.78 is 39.1. The standard InChI is InChI=1S/C12H17F3N2O3/c13-12(14,15)11(10(19)20)3-6-17(7-11)9(18)8-1-4-16-5-2-8/h8,16H,1-7H2,(H,19,20). The number of hydrogen-bond donors (Lipinski definition) is 2. The number of aliphatic carboxylic acids is 1. The molecule has 0 spiro atoms. The lowest BCUT2D eigenvalue weighted by molar-refractivity contribution is -0.227. The highest BCUT2D eigenvalue weighted by Crippen LogP contribution is 2.46. The molecule has 1 unspecified atom stereocenters. The fourth-order valence-corrected chi connectivity index (χ4v) is 2.85. The average Bonchev–Trinajstić information content (AvgIpc) is 2.85. The molecular formula is C12H17F3N2O3. The Hall–Kier alpha value is -1.31. The van der Waals surface area contributed by atoms with E-state index in [2.05, 4.69) is 5.32 Å². The maximum absolute atomic E-state index is 13.0. The van der Waals surface area contributed by atoms with E-state index in [9.17, 15) is 22.8 Å². The Morgan fingerprint density at radius 1 is 1.25 bits per heavy atom. The van der Waals surface area contributed by atoms with Gasteiger partial charge in [-0.25, -0.2) is 0 Å². The van der Waals surface area contributed by atoms with Crippen LogP contribution in [-0.2, 0) is 9.59 Å². The molecule has 2 heterocycles. The molecule has 2 aliphatic heterocycles. The number of nitrogens with zero attached hydrogens (tertiary/aromatic N) is 1. The van der Waals surface area contributed by atoms with Crippen LogP contribution >= 0.6 is 0 Å². The van der Waals surface area contributed by atoms with Crippen molar-refractivity contribution in [3.63, 3.8) is 0 Å². The zero-order valence-electron chi connectivity index (χ0n) is 10.9. The van der Waals surface area contributed by atoms with Crippen LogP contribution in [0.1, 0.15) is 19.3 Å². The van der Waals surface area contributed by atoms with E-state index in [4.69, 9.17) is 5.11 Å². The highest BCUT2D eigenvalue weighted by molar-refractivity contribution is 5.82. The van der Waals surface area contributed by atoms with Crippen LogP contribution in [0.4, 0.5) is 13.2 Å². The van der Waals surface area contributed by atoms with Crippen molar-refractivity contribution < 1.29 is 27.9 Å². The molecule has 0 saturated carbocycles. The van der Waals surface area contributed by atoms with E-state index in [1.807, 2.05) is 0 Å². The number of alkyl halides is 3. The molecule has 2 aliphatic rings. The second-order valence-corrected chi connectivity index (χ2v) is 5.42. The Morgan fingerprint density at radius 3 is 2.30 bits per heavy atom. The number of carboxylic acids is 1. The van der Waals surface area contributed by atoms with E-state index in [-0.39, 0.29) is 18.4 Å². The number of hydrogen-bond acceptors (Lipinski definition) is 3. The molecule has 0 aromatic heterocycles. The maximum Gasteiger partial charge on any atom is 0.406 e. The summed E-state index contributed by atoms with van der Waals surface area (Å²) in [6.07, 6.45) is -4.24. The van der Waals surface area contributed by atoms with Crippen molar-refractivity contribution in [3.05, 3.63) is 0 Å². The molecule has 2 N–H and O–H groups in total. The molecule has 0 radical (unpaired) electrons. The first-order chi connectivity index (χ1) is 9.28. The quantitative estimate of drug-likeness (QED) is 0.792. The lowest BCUT2D eigenvalue weighted by Crippen LogP contribution is -2.48. The number of piperidine rings is 1. The maximum atomic E-state index is 13.0. The summed E-state index contributed by atoms with van der Waals surface area (Å²) in [5, 5.41) is 12.0. The van der Waals surface area contributed by atoms with Crippen molar-refractivity contribution in [1.29, 1.82) is 0 Å². The van der Waals surface area contributed by atoms with Crippen LogP contribution < -0.4 is 5.32 Å². The van der Waals surface area contributed by atoms with Gasteiger partial charge in [-0.05, 0) is 32.4 Å². The number of amides is 1. The van der Waals surface area contributed by atoms with Gasteiger partial charge in [0.15, 0.2) is 5.41 Å². The first-order valence-electron chi connectivity index (χ1n) is 6.57. The fraction of sp³-hybridized carbons (Fsp3) is 0.833. The molecule has 1 amide bonds. The number of nitrogens with one attached hydrogen (secondary N) is 1. The van der Waals surface area contributed by atoms with Gasteiger partial charge in [0.05, 0.1) is 0 Å². The molecule has 2 saturated heterocycles. The highest BCUT2D eigenvalue weighted by Gasteiger charge is 2.64. The molecule has 0 aromatic carbocycles. The van der Waals surface area contributed by atoms with Crippen LogP contribution in [0.3, 0.4) is 0 Å². The second kappa shape index (κ2) is 5.23. The largest absolute Gasteiger partial charge is 0.481 e. The predicted molar refractivity (Wildman–Crippen MR) is 62.9 cm³/mol. The molecule has 2 rings (SSSR count). The van der Waals surface area contributed by atoms with Crippen LogP contribution in [0.25, 0.3) is 0 Å². The van der Waals surface area contributed by atoms with E-state index in [1.54, 1.807) is 0 Å². The van der Waals surface area contributed by atoms with Gasteiger partial charge in [-0.2, -0.15) is 13.2 Å². The van der Waals surface area contributed by atoms with E-state index >= 15 is 0 Å². The smallest absolute Gasteiger partial charge is 0.406 e. The lowest BCUT2D eigenvalue weighted by Gasteiger charge is -2.29. The zero-order chi connectivity index (χ0) is 15.0. The van der Waals surface area contributed by atoms with Gasteiger partial charge in [0.1, 0.15) is 0 Å². The third-order valence-corrected chi connectivity index (χ3v) is 4.22. The summed E-state index contributed by atoms with van der Waals surface area (Å²) in [7, 11) is 0. The monoisotopic (exact) mass is 294 g/mol. The zero-order valence-corrected chi connectivity index (χ0v) is 10.9. The number of likely N-dealkylation sites (tertiary alicyclic amines) is 1. The SMILES string of the molecule is O=C(C1CCNCC1)N1CCC(C(=O)O)(C(F)(F)F)C1. The van der Waals surface area contributed by atoms with Crippen LogP contribution in [0.5, 0.6) is 0 Å². The van der Waals surface area contributed by atoms with E-state index in [0.29, 0.717) is 25.9 Å². The van der Waals surface area contributed by atoms with Crippen molar-refractivity contribution in [1.82, 2.24) is 10.2 Å². The molecular weight excluding hydrogens is 277 g/mol. The fourth-order valence-electron chi connectivity index (χ4n) is 2.85. The molecule has 0 bridgehead atoms. The molecule has 1 atom stereocenters. The van der Waals surface area contributed by atoms with Gasteiger partial charge in [0.25, 0.3) is 0 Å². The van der Waals surface area contributed by atoms with Gasteiger partial charge < -0.3 is 15.3 Å². The van der Waals surface area contributed by atoms with Crippen LogP contribution in [-0.4, -0.2) is 54.2 Å². The van der Waals surface area contributed by atoms with E-state index in [1.165, 1.54) is 0 Å². The molecule has 0 aromatic rings. The predicted octanol–water partition coefficient (Wildman–Crippen LogP) is 0.852. The van der Waals surface area contributed by atoms with Crippen LogP contribution in [0.2, 0.25) is 0 Å². The van der Waals surface area contributed by atoms with Gasteiger partial charge in [-0.15, -0.1) is 0 Å². The topological polar surface area (TPSA) is 69.6 Å². The Kier molecular flexibility index (Phi) is 3.95. The van der Waals surface area contributed by atoms with Crippen LogP contribution in [0.15, 0.2) is 0 Å². The summed E-state index contributed by atoms with van der Waals surface area (Å²) in [6.45, 7) is 0.407. The number of carboxylic acid groups (broad SMARTS) is 1. The number of rotatable bonds is 2. The van der Waals surface area contributed by atoms with E-state index in [0.717, 1.165) is 4.90 Å². The van der Waals surface area contributed by atoms with Crippen molar-refractivity contribution in [3.8, 4) is 0 Å².